The van der Waals surface area contributed by atoms with Crippen molar-refractivity contribution in [2.45, 2.75) is 31.9 Å². The van der Waals surface area contributed by atoms with Gasteiger partial charge < -0.3 is 36.3 Å². The standard InChI is InChI=1S/C23H29N2O4.BrH/c1-4-29-19-11-9-18(10-12-19)24-16-23(26,25-14-6-5-7-22(24)25)17-8-13-20(27-2)21(15-17)28-3;/h8-13,15,26H,4-7,14,16H2,1-3H3;1H/q+1;/p-1. The Hall–Kier alpha value is -2.25. The van der Waals surface area contributed by atoms with E-state index in [1.165, 1.54) is 0 Å². The average Bonchev–Trinajstić information content (AvgIpc) is 3.08. The molecule has 0 spiro atoms. The summed E-state index contributed by atoms with van der Waals surface area (Å²) in [6.07, 6.45) is 3.14. The first-order valence-corrected chi connectivity index (χ1v) is 10.2. The Morgan fingerprint density at radius 3 is 2.43 bits per heavy atom. The normalized spacial score (nSPS) is 20.5. The SMILES string of the molecule is CCOc1ccc(N2CC(O)(c3ccc(OC)c(OC)c3)[N+]3=C2CCCC3)cc1.[Br-]. The number of nitrogens with zero attached hydrogens (tertiary/aromatic N) is 2. The van der Waals surface area contributed by atoms with Gasteiger partial charge in [0.1, 0.15) is 11.4 Å². The zero-order valence-corrected chi connectivity index (χ0v) is 19.3. The second-order valence-corrected chi connectivity index (χ2v) is 7.42. The third-order valence-electron chi connectivity index (χ3n) is 5.79. The number of hydrogen-bond donors (Lipinski definition) is 1. The fourth-order valence-electron chi connectivity index (χ4n) is 4.35. The summed E-state index contributed by atoms with van der Waals surface area (Å²) < 4.78 is 18.6. The minimum atomic E-state index is -1.12. The van der Waals surface area contributed by atoms with Crippen molar-refractivity contribution in [2.24, 2.45) is 0 Å². The van der Waals surface area contributed by atoms with Gasteiger partial charge in [-0.3, -0.25) is 0 Å². The van der Waals surface area contributed by atoms with Crippen LogP contribution in [0, 0.1) is 0 Å². The topological polar surface area (TPSA) is 54.2 Å². The van der Waals surface area contributed by atoms with Gasteiger partial charge in [-0.15, -0.1) is 0 Å². The van der Waals surface area contributed by atoms with Crippen LogP contribution in [0.4, 0.5) is 5.69 Å². The second kappa shape index (κ2) is 9.27. The molecule has 1 unspecified atom stereocenters. The number of ether oxygens (including phenoxy) is 3. The minimum absolute atomic E-state index is 0. The van der Waals surface area contributed by atoms with Gasteiger partial charge in [0.25, 0.3) is 11.6 Å². The van der Waals surface area contributed by atoms with Crippen molar-refractivity contribution in [3.63, 3.8) is 0 Å². The lowest BCUT2D eigenvalue weighted by Crippen LogP contribution is -3.00. The van der Waals surface area contributed by atoms with Crippen LogP contribution in [-0.4, -0.2) is 49.4 Å². The van der Waals surface area contributed by atoms with Crippen LogP contribution in [0.25, 0.3) is 0 Å². The quantitative estimate of drug-likeness (QED) is 0.610. The number of methoxy groups -OCH3 is 2. The lowest BCUT2D eigenvalue weighted by Gasteiger charge is -2.25. The Morgan fingerprint density at radius 1 is 1.03 bits per heavy atom. The molecule has 1 atom stereocenters. The van der Waals surface area contributed by atoms with Gasteiger partial charge in [0.15, 0.2) is 18.0 Å². The number of amidine groups is 1. The van der Waals surface area contributed by atoms with E-state index in [2.05, 4.69) is 21.6 Å². The molecule has 2 aromatic rings. The predicted molar refractivity (Wildman–Crippen MR) is 112 cm³/mol. The van der Waals surface area contributed by atoms with Crippen molar-refractivity contribution in [1.82, 2.24) is 0 Å². The molecule has 2 aliphatic heterocycles. The fourth-order valence-corrected chi connectivity index (χ4v) is 4.35. The maximum atomic E-state index is 11.9. The number of benzene rings is 2. The van der Waals surface area contributed by atoms with Gasteiger partial charge in [-0.05, 0) is 62.2 Å². The summed E-state index contributed by atoms with van der Waals surface area (Å²) in [5.74, 6) is 3.30. The molecule has 0 amide bonds. The second-order valence-electron chi connectivity index (χ2n) is 7.42. The van der Waals surface area contributed by atoms with E-state index in [1.54, 1.807) is 14.2 Å². The van der Waals surface area contributed by atoms with Crippen LogP contribution in [0.3, 0.4) is 0 Å². The highest BCUT2D eigenvalue weighted by atomic mass is 79.9. The molecular formula is C23H29BrN2O4. The van der Waals surface area contributed by atoms with Crippen molar-refractivity contribution in [2.75, 3.05) is 38.8 Å². The molecule has 7 heteroatoms. The predicted octanol–water partition coefficient (Wildman–Crippen LogP) is 0.367. The third kappa shape index (κ3) is 3.88. The Kier molecular flexibility index (Phi) is 6.93. The molecule has 0 fully saturated rings. The molecule has 2 aromatic carbocycles. The summed E-state index contributed by atoms with van der Waals surface area (Å²) in [5, 5.41) is 11.9. The van der Waals surface area contributed by atoms with E-state index < -0.39 is 5.72 Å². The molecule has 1 N–H and O–H groups in total. The van der Waals surface area contributed by atoms with E-state index >= 15 is 0 Å². The average molecular weight is 477 g/mol. The summed E-state index contributed by atoms with van der Waals surface area (Å²) in [6.45, 7) is 3.92. The highest BCUT2D eigenvalue weighted by Crippen LogP contribution is 2.39. The van der Waals surface area contributed by atoms with Crippen molar-refractivity contribution in [3.8, 4) is 17.2 Å². The lowest BCUT2D eigenvalue weighted by molar-refractivity contribution is -0.661. The first-order chi connectivity index (χ1) is 14.1. The lowest BCUT2D eigenvalue weighted by atomic mass is 10.0. The Labute approximate surface area is 188 Å². The first kappa shape index (κ1) is 22.4. The van der Waals surface area contributed by atoms with Gasteiger partial charge in [-0.2, -0.15) is 0 Å². The molecule has 0 saturated heterocycles. The van der Waals surface area contributed by atoms with Crippen molar-refractivity contribution in [1.29, 1.82) is 0 Å². The van der Waals surface area contributed by atoms with E-state index in [9.17, 15) is 5.11 Å². The van der Waals surface area contributed by atoms with Crippen LogP contribution in [0.15, 0.2) is 42.5 Å². The van der Waals surface area contributed by atoms with Crippen LogP contribution in [0.1, 0.15) is 31.7 Å². The fraction of sp³-hybridized carbons (Fsp3) is 0.435. The number of β-amino-alcohol motifs (C(OH)–C–C–N with tert-alkyl or cyclic N) is 1. The molecule has 0 aliphatic carbocycles. The Bertz CT molecular complexity index is 916. The first-order valence-electron chi connectivity index (χ1n) is 10.2. The minimum Gasteiger partial charge on any atom is -1.00 e. The van der Waals surface area contributed by atoms with Crippen molar-refractivity contribution in [3.05, 3.63) is 48.0 Å². The summed E-state index contributed by atoms with van der Waals surface area (Å²) in [7, 11) is 3.23. The molecule has 0 aromatic heterocycles. The highest BCUT2D eigenvalue weighted by Gasteiger charge is 2.52. The number of aliphatic hydroxyl groups is 1. The Morgan fingerprint density at radius 2 is 1.77 bits per heavy atom. The van der Waals surface area contributed by atoms with Gasteiger partial charge >= 0.3 is 0 Å². The maximum Gasteiger partial charge on any atom is 0.271 e. The molecule has 0 radical (unpaired) electrons. The molecule has 4 rings (SSSR count). The van der Waals surface area contributed by atoms with Gasteiger partial charge in [-0.1, -0.05) is 0 Å². The molecule has 0 bridgehead atoms. The number of anilines is 1. The monoisotopic (exact) mass is 476 g/mol. The molecule has 162 valence electrons. The summed E-state index contributed by atoms with van der Waals surface area (Å²) >= 11 is 0. The van der Waals surface area contributed by atoms with Gasteiger partial charge in [0.05, 0.1) is 27.4 Å². The van der Waals surface area contributed by atoms with E-state index in [-0.39, 0.29) is 17.0 Å². The van der Waals surface area contributed by atoms with E-state index in [1.807, 2.05) is 37.3 Å². The molecule has 30 heavy (non-hydrogen) atoms. The molecular weight excluding hydrogens is 448 g/mol. The van der Waals surface area contributed by atoms with Gasteiger partial charge in [0.2, 0.25) is 0 Å². The summed E-state index contributed by atoms with van der Waals surface area (Å²) in [4.78, 5) is 2.23. The van der Waals surface area contributed by atoms with E-state index in [0.29, 0.717) is 24.7 Å². The van der Waals surface area contributed by atoms with E-state index in [0.717, 1.165) is 48.6 Å². The molecule has 6 nitrogen and oxygen atoms in total. The number of halogens is 1. The van der Waals surface area contributed by atoms with Crippen LogP contribution >= 0.6 is 0 Å². The number of rotatable bonds is 6. The van der Waals surface area contributed by atoms with Crippen LogP contribution in [-0.2, 0) is 5.72 Å². The highest BCUT2D eigenvalue weighted by molar-refractivity contribution is 5.96. The molecule has 2 heterocycles. The van der Waals surface area contributed by atoms with Gasteiger partial charge in [-0.25, -0.2) is 9.48 Å². The van der Waals surface area contributed by atoms with Crippen molar-refractivity contribution < 1.29 is 40.9 Å². The third-order valence-corrected chi connectivity index (χ3v) is 5.79. The van der Waals surface area contributed by atoms with Crippen molar-refractivity contribution >= 4 is 11.5 Å². The molecule has 2 aliphatic rings. The van der Waals surface area contributed by atoms with Gasteiger partial charge in [0, 0.05) is 12.0 Å². The summed E-state index contributed by atoms with van der Waals surface area (Å²) in [5.41, 5.74) is 0.753. The molecule has 0 saturated carbocycles. The largest absolute Gasteiger partial charge is 1.00 e. The van der Waals surface area contributed by atoms with Crippen LogP contribution in [0.5, 0.6) is 17.2 Å². The zero-order chi connectivity index (χ0) is 20.4. The maximum absolute atomic E-state index is 11.9. The zero-order valence-electron chi connectivity index (χ0n) is 17.7. The Balaban J connectivity index is 0.00000256. The van der Waals surface area contributed by atoms with E-state index in [4.69, 9.17) is 14.2 Å². The summed E-state index contributed by atoms with van der Waals surface area (Å²) in [6, 6.07) is 13.8. The smallest absolute Gasteiger partial charge is 0.271 e. The van der Waals surface area contributed by atoms with Crippen LogP contribution in [0.2, 0.25) is 0 Å². The van der Waals surface area contributed by atoms with Crippen LogP contribution < -0.4 is 36.1 Å². The number of hydrogen-bond acceptors (Lipinski definition) is 5.